The third-order valence-electron chi connectivity index (χ3n) is 4.60. The number of carbonyl (C=O) groups excluding carboxylic acids is 1. The third kappa shape index (κ3) is 3.25. The van der Waals surface area contributed by atoms with E-state index < -0.39 is 0 Å². The Balaban J connectivity index is 1.91. The van der Waals surface area contributed by atoms with E-state index in [1.807, 2.05) is 0 Å². The molecule has 0 bridgehead atoms. The van der Waals surface area contributed by atoms with Crippen molar-refractivity contribution in [2.24, 2.45) is 5.92 Å². The van der Waals surface area contributed by atoms with Crippen LogP contribution >= 0.6 is 0 Å². The molecule has 3 heteroatoms. The standard InChI is InChI=1S/C15H28N2O/c1-3-16-12(2)11-15(18)17-10-6-8-13-7-4-5-9-14(13)17/h12-14,16H,3-11H2,1-2H3/t12?,13-,14-/m1/s1. The van der Waals surface area contributed by atoms with Gasteiger partial charge in [-0.15, -0.1) is 0 Å². The van der Waals surface area contributed by atoms with Crippen LogP contribution in [-0.4, -0.2) is 36.0 Å². The number of rotatable bonds is 4. The Kier molecular flexibility index (Phi) is 5.04. The van der Waals surface area contributed by atoms with E-state index >= 15 is 0 Å². The Labute approximate surface area is 111 Å². The molecule has 3 nitrogen and oxygen atoms in total. The van der Waals surface area contributed by atoms with E-state index in [1.54, 1.807) is 0 Å². The molecule has 3 atom stereocenters. The molecular formula is C15H28N2O. The average Bonchev–Trinajstić information content (AvgIpc) is 2.38. The second-order valence-electron chi connectivity index (χ2n) is 6.00. The van der Waals surface area contributed by atoms with Gasteiger partial charge in [-0.05, 0) is 45.1 Å². The van der Waals surface area contributed by atoms with Crippen molar-refractivity contribution < 1.29 is 4.79 Å². The monoisotopic (exact) mass is 252 g/mol. The molecule has 0 aromatic rings. The van der Waals surface area contributed by atoms with Crippen LogP contribution in [0.25, 0.3) is 0 Å². The van der Waals surface area contributed by atoms with Gasteiger partial charge in [0, 0.05) is 25.0 Å². The number of nitrogens with zero attached hydrogens (tertiary/aromatic N) is 1. The van der Waals surface area contributed by atoms with Crippen LogP contribution in [0.3, 0.4) is 0 Å². The Bertz CT molecular complexity index is 278. The number of likely N-dealkylation sites (tertiary alicyclic amines) is 1. The fraction of sp³-hybridized carbons (Fsp3) is 0.933. The molecule has 1 amide bonds. The largest absolute Gasteiger partial charge is 0.339 e. The van der Waals surface area contributed by atoms with Crippen LogP contribution in [-0.2, 0) is 4.79 Å². The van der Waals surface area contributed by atoms with Crippen LogP contribution in [0.5, 0.6) is 0 Å². The number of carbonyl (C=O) groups is 1. The lowest BCUT2D eigenvalue weighted by atomic mass is 9.78. The van der Waals surface area contributed by atoms with Crippen LogP contribution < -0.4 is 5.32 Å². The molecule has 1 unspecified atom stereocenters. The molecule has 2 aliphatic rings. The molecule has 1 aliphatic carbocycles. The summed E-state index contributed by atoms with van der Waals surface area (Å²) < 4.78 is 0. The number of hydrogen-bond donors (Lipinski definition) is 1. The lowest BCUT2D eigenvalue weighted by Gasteiger charge is -2.44. The van der Waals surface area contributed by atoms with Crippen molar-refractivity contribution in [1.29, 1.82) is 0 Å². The molecule has 0 spiro atoms. The second kappa shape index (κ2) is 6.55. The minimum atomic E-state index is 0.312. The van der Waals surface area contributed by atoms with Crippen LogP contribution in [0, 0.1) is 5.92 Å². The first-order valence-corrected chi connectivity index (χ1v) is 7.75. The number of piperidine rings is 1. The van der Waals surface area contributed by atoms with E-state index in [1.165, 1.54) is 38.5 Å². The van der Waals surface area contributed by atoms with E-state index in [2.05, 4.69) is 24.1 Å². The Morgan fingerprint density at radius 3 is 2.78 bits per heavy atom. The first-order chi connectivity index (χ1) is 8.72. The zero-order valence-corrected chi connectivity index (χ0v) is 12.0. The van der Waals surface area contributed by atoms with Gasteiger partial charge in [0.1, 0.15) is 0 Å². The SMILES string of the molecule is CCNC(C)CC(=O)N1CCC[C@H]2CCCC[C@H]21. The second-order valence-corrected chi connectivity index (χ2v) is 6.00. The summed E-state index contributed by atoms with van der Waals surface area (Å²) in [6, 6.07) is 0.875. The minimum Gasteiger partial charge on any atom is -0.339 e. The van der Waals surface area contributed by atoms with Gasteiger partial charge in [-0.1, -0.05) is 19.8 Å². The van der Waals surface area contributed by atoms with Gasteiger partial charge in [-0.2, -0.15) is 0 Å². The van der Waals surface area contributed by atoms with Gasteiger partial charge in [0.15, 0.2) is 0 Å². The number of nitrogens with one attached hydrogen (secondary N) is 1. The third-order valence-corrected chi connectivity index (χ3v) is 4.60. The minimum absolute atomic E-state index is 0.312. The Morgan fingerprint density at radius 1 is 1.28 bits per heavy atom. The Morgan fingerprint density at radius 2 is 2.00 bits per heavy atom. The van der Waals surface area contributed by atoms with Gasteiger partial charge >= 0.3 is 0 Å². The van der Waals surface area contributed by atoms with E-state index in [0.29, 0.717) is 24.4 Å². The maximum atomic E-state index is 12.4. The van der Waals surface area contributed by atoms with Crippen LogP contribution in [0.2, 0.25) is 0 Å². The molecule has 104 valence electrons. The molecule has 1 N–H and O–H groups in total. The predicted molar refractivity (Wildman–Crippen MR) is 74.4 cm³/mol. The summed E-state index contributed by atoms with van der Waals surface area (Å²) in [5.74, 6) is 1.17. The molecule has 0 aromatic carbocycles. The quantitative estimate of drug-likeness (QED) is 0.834. The molecular weight excluding hydrogens is 224 g/mol. The van der Waals surface area contributed by atoms with Gasteiger partial charge in [-0.25, -0.2) is 0 Å². The van der Waals surface area contributed by atoms with Crippen molar-refractivity contribution in [3.05, 3.63) is 0 Å². The summed E-state index contributed by atoms with van der Waals surface area (Å²) in [7, 11) is 0. The van der Waals surface area contributed by atoms with Crippen LogP contribution in [0.4, 0.5) is 0 Å². The van der Waals surface area contributed by atoms with Gasteiger partial charge in [0.25, 0.3) is 0 Å². The van der Waals surface area contributed by atoms with E-state index in [9.17, 15) is 4.79 Å². The molecule has 0 aromatic heterocycles. The van der Waals surface area contributed by atoms with Gasteiger partial charge in [-0.3, -0.25) is 4.79 Å². The zero-order valence-electron chi connectivity index (χ0n) is 12.0. The lowest BCUT2D eigenvalue weighted by Crippen LogP contribution is -2.50. The summed E-state index contributed by atoms with van der Waals surface area (Å²) in [6.45, 7) is 6.15. The van der Waals surface area contributed by atoms with Crippen molar-refractivity contribution in [3.63, 3.8) is 0 Å². The highest BCUT2D eigenvalue weighted by Crippen LogP contribution is 2.35. The van der Waals surface area contributed by atoms with Crippen LogP contribution in [0.15, 0.2) is 0 Å². The molecule has 1 aliphatic heterocycles. The van der Waals surface area contributed by atoms with Crippen molar-refractivity contribution in [3.8, 4) is 0 Å². The summed E-state index contributed by atoms with van der Waals surface area (Å²) in [4.78, 5) is 14.6. The topological polar surface area (TPSA) is 32.3 Å². The summed E-state index contributed by atoms with van der Waals surface area (Å²) >= 11 is 0. The maximum absolute atomic E-state index is 12.4. The average molecular weight is 252 g/mol. The van der Waals surface area contributed by atoms with Crippen molar-refractivity contribution in [2.45, 2.75) is 70.9 Å². The highest BCUT2D eigenvalue weighted by atomic mass is 16.2. The molecule has 2 fully saturated rings. The van der Waals surface area contributed by atoms with Crippen LogP contribution in [0.1, 0.15) is 58.8 Å². The molecule has 18 heavy (non-hydrogen) atoms. The summed E-state index contributed by atoms with van der Waals surface area (Å²) in [6.07, 6.45) is 8.49. The first-order valence-electron chi connectivity index (χ1n) is 7.75. The normalized spacial score (nSPS) is 29.8. The summed E-state index contributed by atoms with van der Waals surface area (Å²) in [5.41, 5.74) is 0. The molecule has 1 saturated heterocycles. The lowest BCUT2D eigenvalue weighted by molar-refractivity contribution is -0.138. The highest BCUT2D eigenvalue weighted by molar-refractivity contribution is 5.77. The fourth-order valence-electron chi connectivity index (χ4n) is 3.73. The number of hydrogen-bond acceptors (Lipinski definition) is 2. The number of fused-ring (bicyclic) bond motifs is 1. The van der Waals surface area contributed by atoms with Gasteiger partial charge in [0.05, 0.1) is 0 Å². The molecule has 1 heterocycles. The van der Waals surface area contributed by atoms with Gasteiger partial charge in [0.2, 0.25) is 5.91 Å². The zero-order chi connectivity index (χ0) is 13.0. The maximum Gasteiger partial charge on any atom is 0.224 e. The predicted octanol–water partition coefficient (Wildman–Crippen LogP) is 2.56. The fourth-order valence-corrected chi connectivity index (χ4v) is 3.73. The van der Waals surface area contributed by atoms with Crippen molar-refractivity contribution in [2.75, 3.05) is 13.1 Å². The van der Waals surface area contributed by atoms with E-state index in [0.717, 1.165) is 19.0 Å². The Hall–Kier alpha value is -0.570. The van der Waals surface area contributed by atoms with Crippen molar-refractivity contribution in [1.82, 2.24) is 10.2 Å². The highest BCUT2D eigenvalue weighted by Gasteiger charge is 2.35. The summed E-state index contributed by atoms with van der Waals surface area (Å²) in [5, 5.41) is 3.34. The molecule has 0 radical (unpaired) electrons. The first kappa shape index (κ1) is 13.9. The van der Waals surface area contributed by atoms with Crippen molar-refractivity contribution >= 4 is 5.91 Å². The van der Waals surface area contributed by atoms with E-state index in [-0.39, 0.29) is 0 Å². The molecule has 2 rings (SSSR count). The molecule has 1 saturated carbocycles. The smallest absolute Gasteiger partial charge is 0.224 e. The van der Waals surface area contributed by atoms with E-state index in [4.69, 9.17) is 0 Å². The van der Waals surface area contributed by atoms with Gasteiger partial charge < -0.3 is 10.2 Å². The number of amides is 1.